The number of thioether (sulfide) groups is 1. The number of ether oxygens (including phenoxy) is 1. The number of nitrogens with zero attached hydrogens (tertiary/aromatic N) is 3. The van der Waals surface area contributed by atoms with E-state index in [2.05, 4.69) is 20.2 Å². The number of fused-ring (bicyclic) bond motifs is 1. The summed E-state index contributed by atoms with van der Waals surface area (Å²) in [6.45, 7) is 0. The van der Waals surface area contributed by atoms with Gasteiger partial charge in [0.25, 0.3) is 0 Å². The molecule has 31 heavy (non-hydrogen) atoms. The van der Waals surface area contributed by atoms with Crippen LogP contribution in [-0.2, 0) is 0 Å². The highest BCUT2D eigenvalue weighted by Gasteiger charge is 2.18. The molecule has 0 unspecified atom stereocenters. The van der Waals surface area contributed by atoms with Gasteiger partial charge in [-0.2, -0.15) is 0 Å². The number of aromatic nitrogens is 4. The molecule has 1 N–H and O–H groups in total. The molecule has 5 rings (SSSR count). The molecule has 9 heteroatoms. The summed E-state index contributed by atoms with van der Waals surface area (Å²) in [6, 6.07) is 9.15. The van der Waals surface area contributed by atoms with Gasteiger partial charge in [-0.15, -0.1) is 10.2 Å². The number of ketones is 1. The first-order valence-corrected chi connectivity index (χ1v) is 10.3. The van der Waals surface area contributed by atoms with E-state index < -0.39 is 0 Å². The predicted octanol–water partition coefficient (Wildman–Crippen LogP) is 4.86. The third-order valence-corrected chi connectivity index (χ3v) is 5.62. The zero-order valence-electron chi connectivity index (χ0n) is 16.4. The second-order valence-electron chi connectivity index (χ2n) is 6.64. The molecule has 0 atom stereocenters. The van der Waals surface area contributed by atoms with E-state index in [1.807, 2.05) is 18.2 Å². The molecule has 0 saturated heterocycles. The third-order valence-electron chi connectivity index (χ3n) is 4.78. The van der Waals surface area contributed by atoms with Gasteiger partial charge in [0, 0.05) is 39.9 Å². The van der Waals surface area contributed by atoms with Crippen molar-refractivity contribution >= 4 is 28.4 Å². The Balaban J connectivity index is 1.39. The van der Waals surface area contributed by atoms with Crippen molar-refractivity contribution in [2.45, 2.75) is 5.16 Å². The molecule has 0 bridgehead atoms. The zero-order chi connectivity index (χ0) is 21.2. The van der Waals surface area contributed by atoms with Crippen LogP contribution in [0.15, 0.2) is 75.6 Å². The summed E-state index contributed by atoms with van der Waals surface area (Å²) in [5, 5.41) is 9.77. The Labute approximate surface area is 180 Å². The number of rotatable bonds is 7. The summed E-state index contributed by atoms with van der Waals surface area (Å²) in [7, 11) is 1.61. The van der Waals surface area contributed by atoms with Crippen LogP contribution in [0.2, 0.25) is 0 Å². The minimum absolute atomic E-state index is 0.0335. The second-order valence-corrected chi connectivity index (χ2v) is 7.58. The van der Waals surface area contributed by atoms with Gasteiger partial charge in [0.1, 0.15) is 17.1 Å². The predicted molar refractivity (Wildman–Crippen MR) is 115 cm³/mol. The van der Waals surface area contributed by atoms with Gasteiger partial charge < -0.3 is 18.6 Å². The number of aromatic amines is 1. The van der Waals surface area contributed by atoms with Crippen molar-refractivity contribution in [1.82, 2.24) is 20.2 Å². The van der Waals surface area contributed by atoms with Gasteiger partial charge in [-0.25, -0.2) is 4.98 Å². The topological polar surface area (TPSA) is 107 Å². The van der Waals surface area contributed by atoms with Crippen molar-refractivity contribution < 1.29 is 18.4 Å². The fourth-order valence-electron chi connectivity index (χ4n) is 3.24. The van der Waals surface area contributed by atoms with Gasteiger partial charge in [0.05, 0.1) is 37.9 Å². The Morgan fingerprint density at radius 3 is 2.55 bits per heavy atom. The van der Waals surface area contributed by atoms with Crippen LogP contribution in [0.3, 0.4) is 0 Å². The SMILES string of the molecule is COc1ccc2c(C(=O)CSc3nnc(-c4ccoc4)c(-c4ccoc4)n3)c[nH]c2c1. The number of benzene rings is 1. The van der Waals surface area contributed by atoms with E-state index in [9.17, 15) is 4.79 Å². The highest BCUT2D eigenvalue weighted by Crippen LogP contribution is 2.31. The lowest BCUT2D eigenvalue weighted by molar-refractivity contribution is 0.102. The molecule has 1 aromatic carbocycles. The minimum Gasteiger partial charge on any atom is -0.497 e. The van der Waals surface area contributed by atoms with Crippen LogP contribution < -0.4 is 4.74 Å². The van der Waals surface area contributed by atoms with Crippen LogP contribution in [0.5, 0.6) is 5.75 Å². The van der Waals surface area contributed by atoms with Crippen molar-refractivity contribution in [2.75, 3.05) is 12.9 Å². The van der Waals surface area contributed by atoms with E-state index in [0.29, 0.717) is 22.1 Å². The lowest BCUT2D eigenvalue weighted by atomic mass is 10.1. The summed E-state index contributed by atoms with van der Waals surface area (Å²) in [6.07, 6.45) is 8.02. The Hall–Kier alpha value is -3.85. The molecular formula is C22H16N4O4S. The lowest BCUT2D eigenvalue weighted by Gasteiger charge is -2.06. The largest absolute Gasteiger partial charge is 0.497 e. The molecule has 154 valence electrons. The first-order valence-electron chi connectivity index (χ1n) is 9.34. The molecule has 0 spiro atoms. The van der Waals surface area contributed by atoms with Gasteiger partial charge in [-0.1, -0.05) is 11.8 Å². The van der Waals surface area contributed by atoms with Crippen molar-refractivity contribution in [1.29, 1.82) is 0 Å². The summed E-state index contributed by atoms with van der Waals surface area (Å²) < 4.78 is 15.6. The standard InChI is InChI=1S/C22H16N4O4S/c1-28-15-2-3-16-17(9-23-18(16)8-15)19(27)12-31-22-24-20(13-4-6-29-10-13)21(25-26-22)14-5-7-30-11-14/h2-11,23H,12H2,1H3. The maximum absolute atomic E-state index is 12.8. The van der Waals surface area contributed by atoms with Crippen LogP contribution in [0.1, 0.15) is 10.4 Å². The van der Waals surface area contributed by atoms with E-state index in [4.69, 9.17) is 13.6 Å². The average Bonchev–Trinajstić information content (AvgIpc) is 3.58. The highest BCUT2D eigenvalue weighted by atomic mass is 32.2. The molecule has 8 nitrogen and oxygen atoms in total. The van der Waals surface area contributed by atoms with Crippen LogP contribution >= 0.6 is 11.8 Å². The van der Waals surface area contributed by atoms with E-state index in [1.54, 1.807) is 50.5 Å². The van der Waals surface area contributed by atoms with Crippen LogP contribution in [0, 0.1) is 0 Å². The van der Waals surface area contributed by atoms with Gasteiger partial charge in [0.15, 0.2) is 5.78 Å². The first-order chi connectivity index (χ1) is 15.2. The quantitative estimate of drug-likeness (QED) is 0.287. The van der Waals surface area contributed by atoms with E-state index in [1.165, 1.54) is 11.8 Å². The molecule has 0 aliphatic rings. The minimum atomic E-state index is -0.0335. The maximum atomic E-state index is 12.8. The smallest absolute Gasteiger partial charge is 0.210 e. The molecule has 0 amide bonds. The average molecular weight is 432 g/mol. The molecule has 4 heterocycles. The number of nitrogens with one attached hydrogen (secondary N) is 1. The number of carbonyl (C=O) groups excluding carboxylic acids is 1. The molecule has 4 aromatic heterocycles. The molecular weight excluding hydrogens is 416 g/mol. The van der Waals surface area contributed by atoms with Crippen molar-refractivity contribution in [2.24, 2.45) is 0 Å². The third kappa shape index (κ3) is 3.71. The Kier molecular flexibility index (Phi) is 5.01. The van der Waals surface area contributed by atoms with E-state index >= 15 is 0 Å². The number of methoxy groups -OCH3 is 1. The highest BCUT2D eigenvalue weighted by molar-refractivity contribution is 7.99. The molecule has 0 aliphatic heterocycles. The normalized spacial score (nSPS) is 11.1. The van der Waals surface area contributed by atoms with Crippen molar-refractivity contribution in [3.63, 3.8) is 0 Å². The Morgan fingerprint density at radius 1 is 1.06 bits per heavy atom. The lowest BCUT2D eigenvalue weighted by Crippen LogP contribution is -2.04. The fourth-order valence-corrected chi connectivity index (χ4v) is 3.91. The van der Waals surface area contributed by atoms with Gasteiger partial charge in [-0.3, -0.25) is 4.79 Å². The fraction of sp³-hybridized carbons (Fsp3) is 0.0909. The Bertz CT molecular complexity index is 1340. The number of H-pyrrole nitrogens is 1. The summed E-state index contributed by atoms with van der Waals surface area (Å²) in [5.74, 6) is 0.872. The van der Waals surface area contributed by atoms with Crippen LogP contribution in [-0.4, -0.2) is 38.8 Å². The molecule has 5 aromatic rings. The maximum Gasteiger partial charge on any atom is 0.210 e. The first kappa shape index (κ1) is 19.1. The zero-order valence-corrected chi connectivity index (χ0v) is 17.2. The Morgan fingerprint density at radius 2 is 1.84 bits per heavy atom. The van der Waals surface area contributed by atoms with Crippen LogP contribution in [0.25, 0.3) is 33.4 Å². The molecule has 0 radical (unpaired) electrons. The summed E-state index contributed by atoms with van der Waals surface area (Å²) in [4.78, 5) is 20.6. The van der Waals surface area contributed by atoms with Crippen molar-refractivity contribution in [3.8, 4) is 28.3 Å². The van der Waals surface area contributed by atoms with Gasteiger partial charge in [-0.05, 0) is 24.3 Å². The molecule has 0 saturated carbocycles. The van der Waals surface area contributed by atoms with E-state index in [-0.39, 0.29) is 11.5 Å². The van der Waals surface area contributed by atoms with Crippen LogP contribution in [0.4, 0.5) is 0 Å². The van der Waals surface area contributed by atoms with Gasteiger partial charge >= 0.3 is 0 Å². The van der Waals surface area contributed by atoms with E-state index in [0.717, 1.165) is 27.8 Å². The summed E-state index contributed by atoms with van der Waals surface area (Å²) in [5.41, 5.74) is 4.18. The molecule has 0 fully saturated rings. The number of carbonyl (C=O) groups is 1. The number of Topliss-reactive ketones (excluding diaryl/α,β-unsaturated/α-hetero) is 1. The van der Waals surface area contributed by atoms with Crippen molar-refractivity contribution in [3.05, 3.63) is 67.1 Å². The number of hydrogen-bond donors (Lipinski definition) is 1. The number of furan rings is 2. The number of hydrogen-bond acceptors (Lipinski definition) is 8. The van der Waals surface area contributed by atoms with Gasteiger partial charge in [0.2, 0.25) is 5.16 Å². The monoisotopic (exact) mass is 432 g/mol. The molecule has 0 aliphatic carbocycles. The second kappa shape index (κ2) is 8.11. The summed E-state index contributed by atoms with van der Waals surface area (Å²) >= 11 is 1.23.